The van der Waals surface area contributed by atoms with Gasteiger partial charge in [-0.15, -0.1) is 0 Å². The van der Waals surface area contributed by atoms with Crippen molar-refractivity contribution in [2.45, 2.75) is 0 Å². The van der Waals surface area contributed by atoms with E-state index in [0.717, 1.165) is 0 Å². The van der Waals surface area contributed by atoms with Gasteiger partial charge in [-0.25, -0.2) is 9.78 Å². The van der Waals surface area contributed by atoms with Crippen LogP contribution in [0.1, 0.15) is 10.4 Å². The average Bonchev–Trinajstić information content (AvgIpc) is 2.35. The van der Waals surface area contributed by atoms with Crippen molar-refractivity contribution < 1.29 is 19.8 Å². The second kappa shape index (κ2) is 4.70. The molecule has 6 heteroatoms. The number of aromatic nitrogens is 1. The number of carboxylic acid groups (broad SMARTS) is 2. The first-order valence-corrected chi connectivity index (χ1v) is 5.15. The Bertz CT molecular complexity index is 625. The zero-order chi connectivity index (χ0) is 13.1. The van der Waals surface area contributed by atoms with E-state index in [1.165, 1.54) is 18.3 Å². The molecule has 0 aliphatic rings. The lowest BCUT2D eigenvalue weighted by molar-refractivity contribution is -0.134. The van der Waals surface area contributed by atoms with E-state index in [1.807, 2.05) is 0 Å². The maximum absolute atomic E-state index is 10.8. The maximum atomic E-state index is 10.8. The molecule has 1 heterocycles. The van der Waals surface area contributed by atoms with Gasteiger partial charge in [-0.2, -0.15) is 0 Å². The van der Waals surface area contributed by atoms with Crippen LogP contribution in [0, 0.1) is 0 Å². The number of anilines is 1. The smallest absolute Gasteiger partial charge is 0.335 e. The number of carboxylic acids is 2. The van der Waals surface area contributed by atoms with Gasteiger partial charge in [-0.1, -0.05) is 0 Å². The molecule has 0 aliphatic heterocycles. The predicted octanol–water partition coefficient (Wildman–Crippen LogP) is 1.43. The van der Waals surface area contributed by atoms with E-state index in [1.54, 1.807) is 12.1 Å². The highest BCUT2D eigenvalue weighted by Crippen LogP contribution is 2.22. The van der Waals surface area contributed by atoms with E-state index in [9.17, 15) is 9.59 Å². The third-order valence-corrected chi connectivity index (χ3v) is 2.42. The molecule has 3 N–H and O–H groups in total. The molecule has 0 fully saturated rings. The van der Waals surface area contributed by atoms with Crippen molar-refractivity contribution in [2.24, 2.45) is 0 Å². The van der Waals surface area contributed by atoms with Crippen LogP contribution in [0.25, 0.3) is 10.8 Å². The summed E-state index contributed by atoms with van der Waals surface area (Å²) in [7, 11) is 0. The van der Waals surface area contributed by atoms with Crippen molar-refractivity contribution in [3.8, 4) is 0 Å². The van der Waals surface area contributed by atoms with Gasteiger partial charge >= 0.3 is 11.9 Å². The van der Waals surface area contributed by atoms with Crippen LogP contribution in [-0.4, -0.2) is 33.7 Å². The Labute approximate surface area is 102 Å². The zero-order valence-electron chi connectivity index (χ0n) is 9.25. The Hall–Kier alpha value is -2.63. The van der Waals surface area contributed by atoms with Crippen molar-refractivity contribution >= 4 is 28.5 Å². The quantitative estimate of drug-likeness (QED) is 0.754. The van der Waals surface area contributed by atoms with Crippen molar-refractivity contribution in [3.05, 3.63) is 36.0 Å². The molecule has 2 aromatic rings. The number of carbonyl (C=O) groups is 2. The van der Waals surface area contributed by atoms with Crippen molar-refractivity contribution in [1.82, 2.24) is 4.98 Å². The standard InChI is InChI=1S/C12H10N2O4/c15-10(16)6-14-11-9-2-1-8(12(17)18)5-7(9)3-4-13-11/h1-5H,6H2,(H,13,14)(H,15,16)(H,17,18). The molecule has 1 aromatic heterocycles. The summed E-state index contributed by atoms with van der Waals surface area (Å²) in [6.45, 7) is -0.243. The zero-order valence-corrected chi connectivity index (χ0v) is 9.25. The summed E-state index contributed by atoms with van der Waals surface area (Å²) < 4.78 is 0. The van der Waals surface area contributed by atoms with Crippen molar-refractivity contribution in [1.29, 1.82) is 0 Å². The minimum atomic E-state index is -1.01. The number of fused-ring (bicyclic) bond motifs is 1. The van der Waals surface area contributed by atoms with E-state index >= 15 is 0 Å². The van der Waals surface area contributed by atoms with Crippen molar-refractivity contribution in [2.75, 3.05) is 11.9 Å². The van der Waals surface area contributed by atoms with E-state index < -0.39 is 11.9 Å². The van der Waals surface area contributed by atoms with Gasteiger partial charge in [0, 0.05) is 11.6 Å². The monoisotopic (exact) mass is 246 g/mol. The van der Waals surface area contributed by atoms with Crippen LogP contribution >= 0.6 is 0 Å². The van der Waals surface area contributed by atoms with Gasteiger partial charge in [0.15, 0.2) is 0 Å². The number of aromatic carboxylic acids is 1. The van der Waals surface area contributed by atoms with Gasteiger partial charge in [-0.05, 0) is 29.7 Å². The number of nitrogens with zero attached hydrogens (tertiary/aromatic N) is 1. The number of benzene rings is 1. The number of pyridine rings is 1. The largest absolute Gasteiger partial charge is 0.480 e. The third-order valence-electron chi connectivity index (χ3n) is 2.42. The molecule has 92 valence electrons. The Morgan fingerprint density at radius 1 is 1.22 bits per heavy atom. The van der Waals surface area contributed by atoms with Crippen molar-refractivity contribution in [3.63, 3.8) is 0 Å². The molecule has 0 amide bonds. The van der Waals surface area contributed by atoms with Gasteiger partial charge in [-0.3, -0.25) is 4.79 Å². The second-order valence-corrected chi connectivity index (χ2v) is 3.65. The lowest BCUT2D eigenvalue weighted by Gasteiger charge is -2.07. The van der Waals surface area contributed by atoms with E-state index in [2.05, 4.69) is 10.3 Å². The first kappa shape index (κ1) is 11.8. The Kier molecular flexibility index (Phi) is 3.09. The molecule has 0 saturated carbocycles. The molecule has 6 nitrogen and oxygen atoms in total. The highest BCUT2D eigenvalue weighted by Gasteiger charge is 2.07. The van der Waals surface area contributed by atoms with Crippen LogP contribution in [0.15, 0.2) is 30.5 Å². The number of hydrogen-bond acceptors (Lipinski definition) is 4. The molecular formula is C12H10N2O4. The third kappa shape index (κ3) is 2.37. The minimum Gasteiger partial charge on any atom is -0.480 e. The highest BCUT2D eigenvalue weighted by atomic mass is 16.4. The highest BCUT2D eigenvalue weighted by molar-refractivity contribution is 5.98. The normalized spacial score (nSPS) is 10.2. The number of hydrogen-bond donors (Lipinski definition) is 3. The van der Waals surface area contributed by atoms with Gasteiger partial charge in [0.05, 0.1) is 5.56 Å². The Balaban J connectivity index is 2.43. The van der Waals surface area contributed by atoms with Crippen LogP contribution < -0.4 is 5.32 Å². The summed E-state index contributed by atoms with van der Waals surface area (Å²) in [5, 5.41) is 21.5. The fourth-order valence-corrected chi connectivity index (χ4v) is 1.61. The minimum absolute atomic E-state index is 0.179. The molecule has 18 heavy (non-hydrogen) atoms. The lowest BCUT2D eigenvalue weighted by Crippen LogP contribution is -2.13. The van der Waals surface area contributed by atoms with Crippen LogP contribution in [-0.2, 0) is 4.79 Å². The SMILES string of the molecule is O=C(O)CNc1nccc2cc(C(=O)O)ccc12. The van der Waals surface area contributed by atoms with E-state index in [4.69, 9.17) is 10.2 Å². The summed E-state index contributed by atoms with van der Waals surface area (Å²) in [6, 6.07) is 6.26. The fourth-order valence-electron chi connectivity index (χ4n) is 1.61. The first-order valence-electron chi connectivity index (χ1n) is 5.15. The average molecular weight is 246 g/mol. The first-order chi connectivity index (χ1) is 8.58. The fraction of sp³-hybridized carbons (Fsp3) is 0.0833. The Morgan fingerprint density at radius 2 is 2.00 bits per heavy atom. The molecule has 0 bridgehead atoms. The number of nitrogens with one attached hydrogen (secondary N) is 1. The van der Waals surface area contributed by atoms with Crippen LogP contribution in [0.2, 0.25) is 0 Å². The topological polar surface area (TPSA) is 99.5 Å². The summed E-state index contributed by atoms with van der Waals surface area (Å²) in [4.78, 5) is 25.4. The summed E-state index contributed by atoms with van der Waals surface area (Å²) >= 11 is 0. The number of rotatable bonds is 4. The van der Waals surface area contributed by atoms with Gasteiger partial charge < -0.3 is 15.5 Å². The molecule has 0 unspecified atom stereocenters. The molecule has 1 aromatic carbocycles. The van der Waals surface area contributed by atoms with Crippen LogP contribution in [0.5, 0.6) is 0 Å². The van der Waals surface area contributed by atoms with Gasteiger partial charge in [0.2, 0.25) is 0 Å². The Morgan fingerprint density at radius 3 is 2.67 bits per heavy atom. The lowest BCUT2D eigenvalue weighted by atomic mass is 10.1. The van der Waals surface area contributed by atoms with E-state index in [0.29, 0.717) is 16.6 Å². The summed E-state index contributed by atoms with van der Waals surface area (Å²) in [5.74, 6) is -1.57. The molecule has 0 spiro atoms. The maximum Gasteiger partial charge on any atom is 0.335 e. The summed E-state index contributed by atoms with van der Waals surface area (Å²) in [6.07, 6.45) is 1.50. The summed E-state index contributed by atoms with van der Waals surface area (Å²) in [5.41, 5.74) is 0.179. The number of aliphatic carboxylic acids is 1. The molecule has 0 saturated heterocycles. The van der Waals surface area contributed by atoms with E-state index in [-0.39, 0.29) is 12.1 Å². The molecule has 0 atom stereocenters. The van der Waals surface area contributed by atoms with Crippen LogP contribution in [0.3, 0.4) is 0 Å². The molecule has 0 radical (unpaired) electrons. The molecule has 0 aliphatic carbocycles. The van der Waals surface area contributed by atoms with Gasteiger partial charge in [0.25, 0.3) is 0 Å². The molecular weight excluding hydrogens is 236 g/mol. The van der Waals surface area contributed by atoms with Gasteiger partial charge in [0.1, 0.15) is 12.4 Å². The molecule has 2 rings (SSSR count). The predicted molar refractivity (Wildman–Crippen MR) is 64.8 cm³/mol. The van der Waals surface area contributed by atoms with Crippen LogP contribution in [0.4, 0.5) is 5.82 Å². The second-order valence-electron chi connectivity index (χ2n) is 3.65.